The molecule has 1 rings (SSSR count). The highest BCUT2D eigenvalue weighted by molar-refractivity contribution is 4.83. The molecule has 2 atom stereocenters. The third-order valence-corrected chi connectivity index (χ3v) is 4.05. The third-order valence-electron chi connectivity index (χ3n) is 4.05. The molecule has 0 aromatic heterocycles. The molecule has 1 aliphatic carbocycles. The van der Waals surface area contributed by atoms with Gasteiger partial charge in [-0.2, -0.15) is 0 Å². The van der Waals surface area contributed by atoms with Gasteiger partial charge in [0.2, 0.25) is 0 Å². The van der Waals surface area contributed by atoms with E-state index in [1.807, 2.05) is 0 Å². The van der Waals surface area contributed by atoms with Gasteiger partial charge in [-0.25, -0.2) is 0 Å². The van der Waals surface area contributed by atoms with E-state index in [0.717, 1.165) is 18.5 Å². The van der Waals surface area contributed by atoms with E-state index in [9.17, 15) is 0 Å². The van der Waals surface area contributed by atoms with Crippen LogP contribution in [0, 0.1) is 5.92 Å². The fraction of sp³-hybridized carbons (Fsp3) is 1.00. The highest BCUT2D eigenvalue weighted by Gasteiger charge is 2.24. The van der Waals surface area contributed by atoms with E-state index in [4.69, 9.17) is 0 Å². The SMILES string of the molecule is CCCN(CCN(C)C)C(C)C(C)CNC1CC1. The van der Waals surface area contributed by atoms with Crippen LogP contribution in [0.1, 0.15) is 40.0 Å². The lowest BCUT2D eigenvalue weighted by atomic mass is 10.0. The Balaban J connectivity index is 2.32. The van der Waals surface area contributed by atoms with Crippen LogP contribution in [0.2, 0.25) is 0 Å². The van der Waals surface area contributed by atoms with Gasteiger partial charge in [-0.05, 0) is 59.3 Å². The topological polar surface area (TPSA) is 18.5 Å². The molecule has 0 heterocycles. The predicted molar refractivity (Wildman–Crippen MR) is 80.1 cm³/mol. The van der Waals surface area contributed by atoms with E-state index >= 15 is 0 Å². The molecule has 108 valence electrons. The molecule has 3 nitrogen and oxygen atoms in total. The van der Waals surface area contributed by atoms with Gasteiger partial charge in [-0.15, -0.1) is 0 Å². The number of nitrogens with one attached hydrogen (secondary N) is 1. The molecule has 0 aliphatic heterocycles. The summed E-state index contributed by atoms with van der Waals surface area (Å²) in [5.41, 5.74) is 0. The summed E-state index contributed by atoms with van der Waals surface area (Å²) in [4.78, 5) is 4.93. The molecule has 0 saturated heterocycles. The molecule has 1 saturated carbocycles. The Morgan fingerprint density at radius 3 is 2.28 bits per heavy atom. The first-order valence-electron chi connectivity index (χ1n) is 7.66. The molecular weight excluding hydrogens is 222 g/mol. The number of hydrogen-bond acceptors (Lipinski definition) is 3. The zero-order valence-electron chi connectivity index (χ0n) is 13.1. The number of likely N-dealkylation sites (N-methyl/N-ethyl adjacent to an activating group) is 1. The van der Waals surface area contributed by atoms with Crippen LogP contribution in [-0.4, -0.2) is 62.2 Å². The fourth-order valence-electron chi connectivity index (χ4n) is 2.31. The summed E-state index contributed by atoms with van der Waals surface area (Å²) in [5.74, 6) is 0.735. The summed E-state index contributed by atoms with van der Waals surface area (Å²) in [6.07, 6.45) is 4.03. The highest BCUT2D eigenvalue weighted by Crippen LogP contribution is 2.20. The Kier molecular flexibility index (Phi) is 7.20. The number of hydrogen-bond donors (Lipinski definition) is 1. The minimum absolute atomic E-state index is 0.677. The van der Waals surface area contributed by atoms with Gasteiger partial charge in [0.1, 0.15) is 0 Å². The quantitative estimate of drug-likeness (QED) is 0.644. The third kappa shape index (κ3) is 6.17. The Bertz CT molecular complexity index is 214. The minimum Gasteiger partial charge on any atom is -0.314 e. The molecule has 1 aliphatic rings. The second-order valence-corrected chi connectivity index (χ2v) is 6.24. The molecule has 0 aromatic rings. The first-order valence-corrected chi connectivity index (χ1v) is 7.66. The molecule has 0 amide bonds. The van der Waals surface area contributed by atoms with E-state index in [1.165, 1.54) is 38.9 Å². The van der Waals surface area contributed by atoms with E-state index in [0.29, 0.717) is 6.04 Å². The molecule has 0 aromatic carbocycles. The molecule has 1 fully saturated rings. The van der Waals surface area contributed by atoms with Crippen LogP contribution in [0.5, 0.6) is 0 Å². The first-order chi connectivity index (χ1) is 8.54. The lowest BCUT2D eigenvalue weighted by molar-refractivity contribution is 0.146. The Hall–Kier alpha value is -0.120. The summed E-state index contributed by atoms with van der Waals surface area (Å²) in [6, 6.07) is 1.51. The van der Waals surface area contributed by atoms with Crippen LogP contribution in [0.25, 0.3) is 0 Å². The van der Waals surface area contributed by atoms with Gasteiger partial charge in [-0.1, -0.05) is 13.8 Å². The van der Waals surface area contributed by atoms with Gasteiger partial charge in [0, 0.05) is 25.2 Å². The molecule has 1 N–H and O–H groups in total. The minimum atomic E-state index is 0.677. The van der Waals surface area contributed by atoms with Crippen molar-refractivity contribution < 1.29 is 0 Å². The predicted octanol–water partition coefficient (Wildman–Crippen LogP) is 2.04. The molecule has 0 radical (unpaired) electrons. The van der Waals surface area contributed by atoms with Crippen LogP contribution >= 0.6 is 0 Å². The zero-order chi connectivity index (χ0) is 13.5. The van der Waals surface area contributed by atoms with Crippen LogP contribution in [0.4, 0.5) is 0 Å². The van der Waals surface area contributed by atoms with Gasteiger partial charge in [0.15, 0.2) is 0 Å². The van der Waals surface area contributed by atoms with Crippen LogP contribution < -0.4 is 5.32 Å². The van der Waals surface area contributed by atoms with Crippen LogP contribution in [0.15, 0.2) is 0 Å². The van der Waals surface area contributed by atoms with Gasteiger partial charge in [-0.3, -0.25) is 4.90 Å². The maximum absolute atomic E-state index is 3.66. The van der Waals surface area contributed by atoms with Crippen molar-refractivity contribution >= 4 is 0 Å². The van der Waals surface area contributed by atoms with Crippen molar-refractivity contribution in [2.45, 2.75) is 52.1 Å². The van der Waals surface area contributed by atoms with Crippen molar-refractivity contribution in [1.82, 2.24) is 15.1 Å². The summed E-state index contributed by atoms with van der Waals surface area (Å²) in [6.45, 7) is 11.8. The van der Waals surface area contributed by atoms with E-state index in [1.54, 1.807) is 0 Å². The van der Waals surface area contributed by atoms with Gasteiger partial charge < -0.3 is 10.2 Å². The average Bonchev–Trinajstić information content (AvgIpc) is 3.14. The van der Waals surface area contributed by atoms with Crippen molar-refractivity contribution in [3.8, 4) is 0 Å². The van der Waals surface area contributed by atoms with Crippen molar-refractivity contribution in [1.29, 1.82) is 0 Å². The molecule has 18 heavy (non-hydrogen) atoms. The molecule has 3 heteroatoms. The van der Waals surface area contributed by atoms with Gasteiger partial charge >= 0.3 is 0 Å². The van der Waals surface area contributed by atoms with Gasteiger partial charge in [0.25, 0.3) is 0 Å². The largest absolute Gasteiger partial charge is 0.314 e. The molecular formula is C15H33N3. The van der Waals surface area contributed by atoms with Crippen LogP contribution in [-0.2, 0) is 0 Å². The van der Waals surface area contributed by atoms with Crippen LogP contribution in [0.3, 0.4) is 0 Å². The Labute approximate surface area is 114 Å². The monoisotopic (exact) mass is 255 g/mol. The summed E-state index contributed by atoms with van der Waals surface area (Å²) < 4.78 is 0. The maximum Gasteiger partial charge on any atom is 0.0112 e. The molecule has 0 bridgehead atoms. The average molecular weight is 255 g/mol. The van der Waals surface area contributed by atoms with Gasteiger partial charge in [0.05, 0.1) is 0 Å². The van der Waals surface area contributed by atoms with E-state index in [2.05, 4.69) is 50.0 Å². The summed E-state index contributed by atoms with van der Waals surface area (Å²) in [7, 11) is 4.32. The summed E-state index contributed by atoms with van der Waals surface area (Å²) >= 11 is 0. The lowest BCUT2D eigenvalue weighted by Crippen LogP contribution is -2.44. The number of nitrogens with zero attached hydrogens (tertiary/aromatic N) is 2. The lowest BCUT2D eigenvalue weighted by Gasteiger charge is -2.34. The van der Waals surface area contributed by atoms with Crippen molar-refractivity contribution in [3.05, 3.63) is 0 Å². The molecule has 0 spiro atoms. The van der Waals surface area contributed by atoms with E-state index in [-0.39, 0.29) is 0 Å². The first kappa shape index (κ1) is 15.9. The van der Waals surface area contributed by atoms with Crippen molar-refractivity contribution in [2.24, 2.45) is 5.92 Å². The van der Waals surface area contributed by atoms with E-state index < -0.39 is 0 Å². The van der Waals surface area contributed by atoms with Crippen molar-refractivity contribution in [3.63, 3.8) is 0 Å². The Morgan fingerprint density at radius 2 is 1.78 bits per heavy atom. The maximum atomic E-state index is 3.66. The smallest absolute Gasteiger partial charge is 0.0112 e. The number of rotatable bonds is 10. The zero-order valence-corrected chi connectivity index (χ0v) is 13.1. The summed E-state index contributed by atoms with van der Waals surface area (Å²) in [5, 5.41) is 3.66. The van der Waals surface area contributed by atoms with Crippen molar-refractivity contribution in [2.75, 3.05) is 40.3 Å². The second-order valence-electron chi connectivity index (χ2n) is 6.24. The fourth-order valence-corrected chi connectivity index (χ4v) is 2.31. The normalized spacial score (nSPS) is 19.5. The second kappa shape index (κ2) is 8.13. The highest BCUT2D eigenvalue weighted by atomic mass is 15.2. The Morgan fingerprint density at radius 1 is 1.11 bits per heavy atom. The standard InChI is InChI=1S/C15H33N3/c1-6-9-18(11-10-17(4)5)14(3)13(2)12-16-15-7-8-15/h13-16H,6-12H2,1-5H3. The molecule has 2 unspecified atom stereocenters.